The van der Waals surface area contributed by atoms with Gasteiger partial charge in [-0.05, 0) is 6.42 Å². The number of pyridine rings is 1. The maximum Gasteiger partial charge on any atom is 0.265 e. The predicted molar refractivity (Wildman–Crippen MR) is 140 cm³/mol. The third-order valence-corrected chi connectivity index (χ3v) is 7.09. The Hall–Kier alpha value is -1.47. The van der Waals surface area contributed by atoms with Crippen LogP contribution in [0, 0.1) is 0 Å². The fourth-order valence-corrected chi connectivity index (χ4v) is 4.66. The molecule has 1 heterocycles. The van der Waals surface area contributed by atoms with Gasteiger partial charge in [-0.3, -0.25) is 9.35 Å². The first kappa shape index (κ1) is 30.6. The molecule has 0 saturated carbocycles. The first-order chi connectivity index (χ1) is 16.4. The summed E-state index contributed by atoms with van der Waals surface area (Å²) < 4.78 is 32.1. The lowest BCUT2D eigenvalue weighted by Crippen LogP contribution is -2.34. The Balaban J connectivity index is 1.92. The van der Waals surface area contributed by atoms with E-state index in [9.17, 15) is 13.2 Å². The summed E-state index contributed by atoms with van der Waals surface area (Å²) in [7, 11) is -3.92. The highest BCUT2D eigenvalue weighted by Gasteiger charge is 2.10. The van der Waals surface area contributed by atoms with E-state index < -0.39 is 10.1 Å². The Labute approximate surface area is 208 Å². The number of nitrogens with one attached hydrogen (secondary N) is 1. The molecule has 0 unspecified atom stereocenters. The zero-order valence-electron chi connectivity index (χ0n) is 21.5. The molecule has 34 heavy (non-hydrogen) atoms. The molecule has 0 atom stereocenters. The number of nitrogens with zero attached hydrogens (tertiary/aromatic N) is 1. The summed E-state index contributed by atoms with van der Waals surface area (Å²) >= 11 is 0. The highest BCUT2D eigenvalue weighted by Crippen LogP contribution is 2.13. The molecule has 0 spiro atoms. The average molecular weight is 498 g/mol. The van der Waals surface area contributed by atoms with Crippen molar-refractivity contribution < 1.29 is 22.3 Å². The van der Waals surface area contributed by atoms with E-state index >= 15 is 0 Å². The predicted octanol–water partition coefficient (Wildman–Crippen LogP) is 6.24. The lowest BCUT2D eigenvalue weighted by molar-refractivity contribution is -0.696. The minimum absolute atomic E-state index is 0.0777. The molecule has 2 N–H and O–H groups in total. The van der Waals surface area contributed by atoms with Gasteiger partial charge in [0, 0.05) is 25.1 Å². The molecule has 1 aromatic rings. The van der Waals surface area contributed by atoms with Gasteiger partial charge >= 0.3 is 0 Å². The van der Waals surface area contributed by atoms with Crippen LogP contribution in [0.5, 0.6) is 0 Å². The van der Waals surface area contributed by atoms with Gasteiger partial charge < -0.3 is 5.32 Å². The Morgan fingerprint density at radius 1 is 0.765 bits per heavy atom. The molecule has 1 amide bonds. The largest absolute Gasteiger partial charge is 0.352 e. The molecule has 0 radical (unpaired) electrons. The molecule has 0 fully saturated rings. The van der Waals surface area contributed by atoms with E-state index in [4.69, 9.17) is 4.55 Å². The summed E-state index contributed by atoms with van der Waals surface area (Å²) in [6.07, 6.45) is 25.2. The average Bonchev–Trinajstić information content (AvgIpc) is 2.80. The van der Waals surface area contributed by atoms with Crippen LogP contribution >= 0.6 is 0 Å². The SMILES string of the molecule is CCCCCCCCCCCCCCCCCCNC(=O)c1cc[n+](CCCS(=O)(=O)O)cc1. The van der Waals surface area contributed by atoms with Gasteiger partial charge in [0.25, 0.3) is 16.0 Å². The Kier molecular flexibility index (Phi) is 17.8. The summed E-state index contributed by atoms with van der Waals surface area (Å²) in [4.78, 5) is 12.2. The van der Waals surface area contributed by atoms with Crippen molar-refractivity contribution in [3.05, 3.63) is 30.1 Å². The number of carbonyl (C=O) groups excluding carboxylic acids is 1. The van der Waals surface area contributed by atoms with Gasteiger partial charge in [-0.25, -0.2) is 4.57 Å². The minimum Gasteiger partial charge on any atom is -0.352 e. The van der Waals surface area contributed by atoms with Gasteiger partial charge in [0.15, 0.2) is 12.4 Å². The standard InChI is InChI=1S/C27H48N2O4S/c1-2-3-4-5-6-7-8-9-10-11-12-13-14-15-16-17-21-28-27(30)26-19-23-29(24-20-26)22-18-25-34(31,32)33/h19-20,23-24H,2-18,21-22,25H2,1H3,(H-,28,30,31,32,33)/p+1. The zero-order valence-corrected chi connectivity index (χ0v) is 22.3. The second-order valence-electron chi connectivity index (χ2n) is 9.52. The molecule has 1 rings (SSSR count). The van der Waals surface area contributed by atoms with Crippen molar-refractivity contribution in [1.82, 2.24) is 5.32 Å². The molecule has 0 aliphatic carbocycles. The van der Waals surface area contributed by atoms with Crippen LogP contribution in [0.2, 0.25) is 0 Å². The maximum atomic E-state index is 12.2. The highest BCUT2D eigenvalue weighted by atomic mass is 32.2. The number of hydrogen-bond donors (Lipinski definition) is 2. The molecule has 6 nitrogen and oxygen atoms in total. The molecule has 0 saturated heterocycles. The molecule has 0 aliphatic rings. The van der Waals surface area contributed by atoms with Crippen LogP contribution in [0.25, 0.3) is 0 Å². The lowest BCUT2D eigenvalue weighted by Gasteiger charge is -2.06. The van der Waals surface area contributed by atoms with Crippen LogP contribution < -0.4 is 9.88 Å². The second-order valence-corrected chi connectivity index (χ2v) is 11.1. The van der Waals surface area contributed by atoms with Crippen molar-refractivity contribution in [3.8, 4) is 0 Å². The number of hydrogen-bond acceptors (Lipinski definition) is 3. The van der Waals surface area contributed by atoms with Gasteiger partial charge in [-0.15, -0.1) is 0 Å². The van der Waals surface area contributed by atoms with Gasteiger partial charge in [0.2, 0.25) is 0 Å². The summed E-state index contributed by atoms with van der Waals surface area (Å²) in [6.45, 7) is 3.44. The maximum absolute atomic E-state index is 12.2. The summed E-state index contributed by atoms with van der Waals surface area (Å²) in [6, 6.07) is 3.47. The lowest BCUT2D eigenvalue weighted by atomic mass is 10.0. The number of unbranched alkanes of at least 4 members (excludes halogenated alkanes) is 15. The Bertz CT molecular complexity index is 736. The molecule has 196 valence electrons. The van der Waals surface area contributed by atoms with Crippen LogP contribution in [0.3, 0.4) is 0 Å². The third kappa shape index (κ3) is 17.9. The van der Waals surface area contributed by atoms with Crippen LogP contribution in [0.1, 0.15) is 126 Å². The number of aromatic nitrogens is 1. The summed E-state index contributed by atoms with van der Waals surface area (Å²) in [5.74, 6) is -0.340. The van der Waals surface area contributed by atoms with Crippen LogP contribution in [-0.2, 0) is 16.7 Å². The van der Waals surface area contributed by atoms with Crippen LogP contribution in [0.4, 0.5) is 0 Å². The third-order valence-electron chi connectivity index (χ3n) is 6.29. The van der Waals surface area contributed by atoms with Crippen LogP contribution in [0.15, 0.2) is 24.5 Å². The van der Waals surface area contributed by atoms with E-state index in [0.29, 0.717) is 25.1 Å². The van der Waals surface area contributed by atoms with E-state index in [1.165, 1.54) is 89.9 Å². The van der Waals surface area contributed by atoms with Gasteiger partial charge in [-0.2, -0.15) is 8.42 Å². The quantitative estimate of drug-likeness (QED) is 0.113. The first-order valence-electron chi connectivity index (χ1n) is 13.6. The topological polar surface area (TPSA) is 87.4 Å². The highest BCUT2D eigenvalue weighted by molar-refractivity contribution is 7.85. The smallest absolute Gasteiger partial charge is 0.265 e. The van der Waals surface area contributed by atoms with Gasteiger partial charge in [0.05, 0.1) is 11.3 Å². The van der Waals surface area contributed by atoms with Crippen molar-refractivity contribution in [1.29, 1.82) is 0 Å². The molecule has 7 heteroatoms. The van der Waals surface area contributed by atoms with Crippen molar-refractivity contribution in [2.75, 3.05) is 12.3 Å². The number of carbonyl (C=O) groups is 1. The molecule has 0 bridgehead atoms. The first-order valence-corrected chi connectivity index (χ1v) is 15.3. The Morgan fingerprint density at radius 2 is 1.21 bits per heavy atom. The monoisotopic (exact) mass is 497 g/mol. The Morgan fingerprint density at radius 3 is 1.65 bits per heavy atom. The van der Waals surface area contributed by atoms with Crippen LogP contribution in [-0.4, -0.2) is 31.2 Å². The molecule has 0 aromatic carbocycles. The fraction of sp³-hybridized carbons (Fsp3) is 0.778. The molecular formula is C27H49N2O4S+. The number of rotatable bonds is 22. The minimum atomic E-state index is -3.92. The fourth-order valence-electron chi connectivity index (χ4n) is 4.16. The van der Waals surface area contributed by atoms with Gasteiger partial charge in [0.1, 0.15) is 6.54 Å². The van der Waals surface area contributed by atoms with Gasteiger partial charge in [-0.1, -0.05) is 103 Å². The molecule has 0 aliphatic heterocycles. The molecule has 1 aromatic heterocycles. The molecular weight excluding hydrogens is 448 g/mol. The van der Waals surface area contributed by atoms with Crippen molar-refractivity contribution in [3.63, 3.8) is 0 Å². The normalized spacial score (nSPS) is 11.6. The summed E-state index contributed by atoms with van der Waals surface area (Å²) in [5, 5.41) is 2.97. The number of aryl methyl sites for hydroxylation is 1. The van der Waals surface area contributed by atoms with E-state index in [1.807, 2.05) is 0 Å². The number of amides is 1. The van der Waals surface area contributed by atoms with Crippen molar-refractivity contribution >= 4 is 16.0 Å². The van der Waals surface area contributed by atoms with E-state index in [0.717, 1.165) is 12.8 Å². The summed E-state index contributed by atoms with van der Waals surface area (Å²) in [5.41, 5.74) is 0.600. The van der Waals surface area contributed by atoms with E-state index in [1.54, 1.807) is 29.1 Å². The van der Waals surface area contributed by atoms with Crippen molar-refractivity contribution in [2.45, 2.75) is 123 Å². The van der Waals surface area contributed by atoms with E-state index in [-0.39, 0.29) is 11.7 Å². The zero-order chi connectivity index (χ0) is 24.9. The second kappa shape index (κ2) is 19.8. The van der Waals surface area contributed by atoms with Crippen molar-refractivity contribution in [2.24, 2.45) is 0 Å². The van der Waals surface area contributed by atoms with E-state index in [2.05, 4.69) is 12.2 Å².